The topological polar surface area (TPSA) is 0 Å². The molecule has 0 radical (unpaired) electrons. The van der Waals surface area contributed by atoms with Gasteiger partial charge in [0.2, 0.25) is 0 Å². The van der Waals surface area contributed by atoms with Gasteiger partial charge in [-0.15, -0.1) is 0 Å². The molecule has 0 saturated carbocycles. The van der Waals surface area contributed by atoms with Crippen LogP contribution in [0.15, 0.2) is 146 Å². The van der Waals surface area contributed by atoms with Crippen LogP contribution < -0.4 is 26.1 Å². The van der Waals surface area contributed by atoms with Crippen LogP contribution in [0.2, 0.25) is 0 Å². The van der Waals surface area contributed by atoms with Gasteiger partial charge in [0.05, 0.1) is 0 Å². The van der Waals surface area contributed by atoms with Crippen molar-refractivity contribution < 1.29 is 16.5 Å². The van der Waals surface area contributed by atoms with Crippen molar-refractivity contribution in [2.24, 2.45) is 0 Å². The summed E-state index contributed by atoms with van der Waals surface area (Å²) in [5, 5.41) is 0. The maximum atomic E-state index is 4.88. The van der Waals surface area contributed by atoms with E-state index in [9.17, 15) is 0 Å². The summed E-state index contributed by atoms with van der Waals surface area (Å²) in [5.41, 5.74) is 0. The van der Waals surface area contributed by atoms with Crippen LogP contribution in [0.1, 0.15) is 0 Å². The first-order valence-electron chi connectivity index (χ1n) is 11.1. The van der Waals surface area contributed by atoms with Crippen LogP contribution >= 0.6 is 18.8 Å². The van der Waals surface area contributed by atoms with Gasteiger partial charge in [-0.25, -0.2) is 0 Å². The standard InChI is InChI=1S/C30H24As2.2ClH.Pt/c1-5-15-25(16-6-1)31(26-17-7-2-8-18-26)29-23-13-14-24-30(29)32(27-19-9-3-10-20-27)28-21-11-4-12-22-28;;;/h1-24H;2*1H;/q;;;+2/p-2. The van der Waals surface area contributed by atoms with E-state index in [-0.39, 0.29) is 0 Å². The van der Waals surface area contributed by atoms with Crippen molar-refractivity contribution in [3.63, 3.8) is 0 Å². The summed E-state index contributed by atoms with van der Waals surface area (Å²) < 4.78 is 9.04. The number of benzene rings is 5. The summed E-state index contributed by atoms with van der Waals surface area (Å²) in [7, 11) is 9.75. The van der Waals surface area contributed by atoms with Crippen LogP contribution in [0.4, 0.5) is 0 Å². The zero-order valence-electron chi connectivity index (χ0n) is 18.8. The monoisotopic (exact) mass is 799 g/mol. The van der Waals surface area contributed by atoms with Crippen molar-refractivity contribution in [2.45, 2.75) is 0 Å². The zero-order chi connectivity index (χ0) is 24.3. The minimum absolute atomic E-state index is 0.472. The van der Waals surface area contributed by atoms with E-state index < -0.39 is 45.8 Å². The second-order valence-corrected chi connectivity index (χ2v) is 20.0. The Kier molecular flexibility index (Phi) is 10.8. The van der Waals surface area contributed by atoms with E-state index in [0.717, 1.165) is 0 Å². The molecule has 0 N–H and O–H groups in total. The van der Waals surface area contributed by atoms with E-state index >= 15 is 0 Å². The Morgan fingerprint density at radius 3 is 0.771 bits per heavy atom. The molecule has 0 atom stereocenters. The number of halogens is 2. The molecule has 5 aromatic rings. The summed E-state index contributed by atoms with van der Waals surface area (Å²) in [6, 6.07) is 53.9. The van der Waals surface area contributed by atoms with Gasteiger partial charge in [-0.05, 0) is 0 Å². The van der Waals surface area contributed by atoms with Gasteiger partial charge in [0.15, 0.2) is 0 Å². The number of hydrogen-bond acceptors (Lipinski definition) is 0. The molecule has 0 spiro atoms. The molecule has 0 aliphatic carbocycles. The molecule has 0 unspecified atom stereocenters. The minimum atomic E-state index is -1.71. The van der Waals surface area contributed by atoms with E-state index in [1.165, 1.54) is 17.4 Å². The van der Waals surface area contributed by atoms with Gasteiger partial charge in [-0.1, -0.05) is 0 Å². The first-order valence-corrected chi connectivity index (χ1v) is 22.3. The van der Waals surface area contributed by atoms with Crippen molar-refractivity contribution in [3.05, 3.63) is 146 Å². The van der Waals surface area contributed by atoms with Gasteiger partial charge in [0, 0.05) is 0 Å². The molecule has 5 heteroatoms. The fourth-order valence-corrected chi connectivity index (χ4v) is 16.0. The third kappa shape index (κ3) is 7.04. The Balaban J connectivity index is 0.000000917. The molecule has 0 saturated heterocycles. The summed E-state index contributed by atoms with van der Waals surface area (Å²) in [4.78, 5) is 0. The molecular formula is C30H24As2Cl2Pt. The fourth-order valence-electron chi connectivity index (χ4n) is 4.01. The van der Waals surface area contributed by atoms with E-state index in [1.54, 1.807) is 8.70 Å². The van der Waals surface area contributed by atoms with Crippen LogP contribution in [0.25, 0.3) is 0 Å². The number of rotatable bonds is 6. The van der Waals surface area contributed by atoms with Gasteiger partial charge in [-0.2, -0.15) is 0 Å². The van der Waals surface area contributed by atoms with E-state index in [1.807, 2.05) is 0 Å². The molecule has 0 bridgehead atoms. The van der Waals surface area contributed by atoms with Crippen LogP contribution in [-0.2, 0) is 16.5 Å². The number of hydrogen-bond donors (Lipinski definition) is 0. The quantitative estimate of drug-likeness (QED) is 0.228. The van der Waals surface area contributed by atoms with Gasteiger partial charge in [0.1, 0.15) is 0 Å². The van der Waals surface area contributed by atoms with E-state index in [2.05, 4.69) is 146 Å². The average molecular weight is 800 g/mol. The van der Waals surface area contributed by atoms with Crippen LogP contribution in [0.3, 0.4) is 0 Å². The Bertz CT molecular complexity index is 1110. The molecular weight excluding hydrogens is 776 g/mol. The van der Waals surface area contributed by atoms with E-state index in [0.29, 0.717) is 0 Å². The molecule has 5 aromatic carbocycles. The van der Waals surface area contributed by atoms with Crippen LogP contribution in [-0.4, -0.2) is 29.3 Å². The summed E-state index contributed by atoms with van der Waals surface area (Å²) in [5.74, 6) is 0. The Hall–Kier alpha value is -1.51. The average Bonchev–Trinajstić information content (AvgIpc) is 2.93. The summed E-state index contributed by atoms with van der Waals surface area (Å²) in [6.07, 6.45) is 0. The molecule has 0 aliphatic rings. The summed E-state index contributed by atoms with van der Waals surface area (Å²) in [6.45, 7) is 0. The molecule has 0 fully saturated rings. The summed E-state index contributed by atoms with van der Waals surface area (Å²) >= 11 is -3.88. The van der Waals surface area contributed by atoms with Crippen LogP contribution in [0, 0.1) is 0 Å². The van der Waals surface area contributed by atoms with Crippen molar-refractivity contribution in [2.75, 3.05) is 0 Å². The molecule has 0 aromatic heterocycles. The maximum absolute atomic E-state index is 4.88. The van der Waals surface area contributed by atoms with Crippen molar-refractivity contribution >= 4 is 74.2 Å². The zero-order valence-corrected chi connectivity index (χ0v) is 26.4. The predicted molar refractivity (Wildman–Crippen MR) is 153 cm³/mol. The van der Waals surface area contributed by atoms with Crippen LogP contribution in [0.5, 0.6) is 0 Å². The molecule has 0 heterocycles. The first-order chi connectivity index (χ1) is 17.3. The molecule has 178 valence electrons. The van der Waals surface area contributed by atoms with Crippen molar-refractivity contribution in [3.8, 4) is 0 Å². The Morgan fingerprint density at radius 1 is 0.343 bits per heavy atom. The third-order valence-corrected chi connectivity index (χ3v) is 16.7. The first kappa shape index (κ1) is 26.5. The predicted octanol–water partition coefficient (Wildman–Crippen LogP) is 4.10. The van der Waals surface area contributed by atoms with Crippen molar-refractivity contribution in [1.29, 1.82) is 0 Å². The normalized spacial score (nSPS) is 10.7. The second-order valence-electron chi connectivity index (χ2n) is 7.55. The molecule has 0 aliphatic heterocycles. The second kappa shape index (κ2) is 14.3. The molecule has 5 rings (SSSR count). The van der Waals surface area contributed by atoms with Crippen molar-refractivity contribution in [1.82, 2.24) is 0 Å². The molecule has 0 amide bonds. The van der Waals surface area contributed by atoms with Gasteiger partial charge < -0.3 is 0 Å². The molecule has 35 heavy (non-hydrogen) atoms. The molecule has 0 nitrogen and oxygen atoms in total. The van der Waals surface area contributed by atoms with Gasteiger partial charge >= 0.3 is 236 Å². The SMILES string of the molecule is [Cl][Pt][Cl].c1ccc([As](c2ccccc2)c2ccccc2[As](c2ccccc2)c2ccccc2)cc1. The van der Waals surface area contributed by atoms with Gasteiger partial charge in [-0.3, -0.25) is 0 Å². The van der Waals surface area contributed by atoms with Gasteiger partial charge in [0.25, 0.3) is 0 Å². The third-order valence-electron chi connectivity index (χ3n) is 5.42. The Morgan fingerprint density at radius 2 is 0.543 bits per heavy atom. The fraction of sp³-hybridized carbons (Fsp3) is 0. The Labute approximate surface area is 234 Å². The van der Waals surface area contributed by atoms with E-state index in [4.69, 9.17) is 18.8 Å².